The number of hydrogen-bond acceptors (Lipinski definition) is 5. The minimum absolute atomic E-state index is 0.0178. The van der Waals surface area contributed by atoms with Gasteiger partial charge in [0.05, 0.1) is 17.7 Å². The van der Waals surface area contributed by atoms with Crippen LogP contribution in [0.15, 0.2) is 23.1 Å². The van der Waals surface area contributed by atoms with E-state index in [4.69, 9.17) is 15.7 Å². The van der Waals surface area contributed by atoms with Crippen molar-refractivity contribution in [3.8, 4) is 6.07 Å². The number of likely N-dealkylation sites (N-methyl/N-ethyl adjacent to an activating group) is 1. The molecule has 0 amide bonds. The average Bonchev–Trinajstić information content (AvgIpc) is 2.83. The highest BCUT2D eigenvalue weighted by Gasteiger charge is 2.36. The number of sulfonamides is 1. The fraction of sp³-hybridized carbons (Fsp3) is 0.462. The van der Waals surface area contributed by atoms with Crippen LogP contribution >= 0.6 is 0 Å². The molecule has 0 aromatic heterocycles. The smallest absolute Gasteiger partial charge is 0.244 e. The summed E-state index contributed by atoms with van der Waals surface area (Å²) in [7, 11) is -2.22. The topological polar surface area (TPSA) is 96.4 Å². The molecule has 0 saturated carbocycles. The van der Waals surface area contributed by atoms with Crippen molar-refractivity contribution in [2.24, 2.45) is 0 Å². The van der Waals surface area contributed by atoms with E-state index < -0.39 is 10.0 Å². The molecule has 0 radical (unpaired) electrons. The molecule has 1 aromatic carbocycles. The molecule has 2 unspecified atom stereocenters. The normalized spacial score (nSPS) is 22.9. The molecule has 1 saturated heterocycles. The van der Waals surface area contributed by atoms with Gasteiger partial charge >= 0.3 is 0 Å². The molecule has 0 bridgehead atoms. The summed E-state index contributed by atoms with van der Waals surface area (Å²) >= 11 is 0. The third kappa shape index (κ3) is 2.50. The fourth-order valence-electron chi connectivity index (χ4n) is 2.39. The summed E-state index contributed by atoms with van der Waals surface area (Å²) in [5.41, 5.74) is 6.01. The Bertz CT molecular complexity index is 651. The van der Waals surface area contributed by atoms with E-state index >= 15 is 0 Å². The van der Waals surface area contributed by atoms with Gasteiger partial charge in [0.25, 0.3) is 0 Å². The van der Waals surface area contributed by atoms with Crippen LogP contribution in [0, 0.1) is 11.3 Å². The van der Waals surface area contributed by atoms with Crippen molar-refractivity contribution in [3.63, 3.8) is 0 Å². The van der Waals surface area contributed by atoms with Crippen LogP contribution in [0.5, 0.6) is 0 Å². The van der Waals surface area contributed by atoms with Gasteiger partial charge in [-0.25, -0.2) is 8.42 Å². The van der Waals surface area contributed by atoms with Gasteiger partial charge in [0.2, 0.25) is 10.0 Å². The van der Waals surface area contributed by atoms with E-state index in [1.165, 1.54) is 29.6 Å². The van der Waals surface area contributed by atoms with Gasteiger partial charge in [-0.3, -0.25) is 0 Å². The van der Waals surface area contributed by atoms with E-state index in [2.05, 4.69) is 0 Å². The second-order valence-electron chi connectivity index (χ2n) is 4.82. The molecule has 2 atom stereocenters. The zero-order chi connectivity index (χ0) is 14.9. The monoisotopic (exact) mass is 295 g/mol. The number of nitrogen functional groups attached to an aromatic ring is 1. The number of nitrogens with zero attached hydrogens (tertiary/aromatic N) is 2. The number of benzene rings is 1. The number of nitrogens with two attached hydrogens (primary N) is 1. The lowest BCUT2D eigenvalue weighted by molar-refractivity contribution is 0.102. The second-order valence-corrected chi connectivity index (χ2v) is 6.79. The van der Waals surface area contributed by atoms with Crippen LogP contribution < -0.4 is 5.73 Å². The van der Waals surface area contributed by atoms with Gasteiger partial charge in [-0.15, -0.1) is 0 Å². The van der Waals surface area contributed by atoms with Gasteiger partial charge in [0.15, 0.2) is 0 Å². The Morgan fingerprint density at radius 1 is 1.50 bits per heavy atom. The maximum Gasteiger partial charge on any atom is 0.244 e. The Kier molecular flexibility index (Phi) is 3.99. The molecular formula is C13H17N3O3S. The number of nitriles is 1. The molecule has 1 aromatic rings. The molecule has 0 aliphatic carbocycles. The van der Waals surface area contributed by atoms with Gasteiger partial charge in [0.1, 0.15) is 11.0 Å². The minimum Gasteiger partial charge on any atom is -0.399 e. The third-order valence-electron chi connectivity index (χ3n) is 3.58. The lowest BCUT2D eigenvalue weighted by Gasteiger charge is -2.26. The first-order valence-corrected chi connectivity index (χ1v) is 7.71. The van der Waals surface area contributed by atoms with E-state index in [9.17, 15) is 8.42 Å². The largest absolute Gasteiger partial charge is 0.399 e. The van der Waals surface area contributed by atoms with E-state index in [-0.39, 0.29) is 22.6 Å². The summed E-state index contributed by atoms with van der Waals surface area (Å²) in [5, 5.41) is 9.09. The summed E-state index contributed by atoms with van der Waals surface area (Å²) in [4.78, 5) is -0.0178. The second kappa shape index (κ2) is 5.40. The lowest BCUT2D eigenvalue weighted by Crippen LogP contribution is -2.41. The maximum atomic E-state index is 12.6. The van der Waals surface area contributed by atoms with Crippen molar-refractivity contribution in [3.05, 3.63) is 23.8 Å². The SMILES string of the molecule is CC1OCCC1N(C)S(=O)(=O)c1ccc(N)cc1C#N. The van der Waals surface area contributed by atoms with Crippen molar-refractivity contribution in [2.45, 2.75) is 30.4 Å². The van der Waals surface area contributed by atoms with E-state index in [0.717, 1.165) is 0 Å². The first-order valence-electron chi connectivity index (χ1n) is 6.27. The minimum atomic E-state index is -3.74. The zero-order valence-corrected chi connectivity index (χ0v) is 12.2. The van der Waals surface area contributed by atoms with Crippen molar-refractivity contribution in [1.82, 2.24) is 4.31 Å². The standard InChI is InChI=1S/C13H17N3O3S/c1-9-12(5-6-19-9)16(2)20(17,18)13-4-3-11(15)7-10(13)8-14/h3-4,7,9,12H,5-6,15H2,1-2H3. The van der Waals surface area contributed by atoms with Crippen LogP contribution in [0.3, 0.4) is 0 Å². The summed E-state index contributed by atoms with van der Waals surface area (Å²) in [6.45, 7) is 2.39. The van der Waals surface area contributed by atoms with Crippen molar-refractivity contribution in [1.29, 1.82) is 5.26 Å². The summed E-state index contributed by atoms with van der Waals surface area (Å²) in [6.07, 6.45) is 0.488. The molecule has 2 rings (SSSR count). The predicted octanol–water partition coefficient (Wildman–Crippen LogP) is 0.938. The molecule has 1 fully saturated rings. The van der Waals surface area contributed by atoms with Crippen LogP contribution in [-0.2, 0) is 14.8 Å². The highest BCUT2D eigenvalue weighted by Crippen LogP contribution is 2.27. The van der Waals surface area contributed by atoms with Gasteiger partial charge in [-0.1, -0.05) is 0 Å². The molecule has 7 heteroatoms. The van der Waals surface area contributed by atoms with Crippen LogP contribution in [0.4, 0.5) is 5.69 Å². The molecule has 2 N–H and O–H groups in total. The van der Waals surface area contributed by atoms with Crippen molar-refractivity contribution < 1.29 is 13.2 Å². The molecule has 6 nitrogen and oxygen atoms in total. The van der Waals surface area contributed by atoms with Crippen LogP contribution in [-0.4, -0.2) is 38.5 Å². The first kappa shape index (κ1) is 14.8. The van der Waals surface area contributed by atoms with Gasteiger partial charge < -0.3 is 10.5 Å². The highest BCUT2D eigenvalue weighted by molar-refractivity contribution is 7.89. The van der Waals surface area contributed by atoms with Crippen molar-refractivity contribution in [2.75, 3.05) is 19.4 Å². The summed E-state index contributed by atoms with van der Waals surface area (Å²) < 4.78 is 32.0. The fourth-order valence-corrected chi connectivity index (χ4v) is 3.96. The number of rotatable bonds is 3. The summed E-state index contributed by atoms with van der Waals surface area (Å²) in [6, 6.07) is 5.89. The van der Waals surface area contributed by atoms with Crippen molar-refractivity contribution >= 4 is 15.7 Å². The van der Waals surface area contributed by atoms with Gasteiger partial charge in [-0.05, 0) is 31.5 Å². The van der Waals surface area contributed by atoms with E-state index in [1.807, 2.05) is 13.0 Å². The molecule has 1 aliphatic heterocycles. The molecule has 0 spiro atoms. The van der Waals surface area contributed by atoms with Crippen LogP contribution in [0.1, 0.15) is 18.9 Å². The Morgan fingerprint density at radius 2 is 2.20 bits per heavy atom. The lowest BCUT2D eigenvalue weighted by atomic mass is 10.2. The average molecular weight is 295 g/mol. The molecular weight excluding hydrogens is 278 g/mol. The Labute approximate surface area is 118 Å². The summed E-state index contributed by atoms with van der Waals surface area (Å²) in [5.74, 6) is 0. The predicted molar refractivity (Wildman–Crippen MR) is 74.3 cm³/mol. The van der Waals surface area contributed by atoms with E-state index in [0.29, 0.717) is 18.7 Å². The molecule has 108 valence electrons. The highest BCUT2D eigenvalue weighted by atomic mass is 32.2. The maximum absolute atomic E-state index is 12.6. The van der Waals surface area contributed by atoms with E-state index in [1.54, 1.807) is 0 Å². The van der Waals surface area contributed by atoms with Crippen LogP contribution in [0.25, 0.3) is 0 Å². The van der Waals surface area contributed by atoms with Crippen LogP contribution in [0.2, 0.25) is 0 Å². The number of ether oxygens (including phenoxy) is 1. The Balaban J connectivity index is 2.43. The van der Waals surface area contributed by atoms with Gasteiger partial charge in [-0.2, -0.15) is 9.57 Å². The zero-order valence-electron chi connectivity index (χ0n) is 11.4. The van der Waals surface area contributed by atoms with Gasteiger partial charge in [0, 0.05) is 19.3 Å². The number of hydrogen-bond donors (Lipinski definition) is 1. The number of anilines is 1. The third-order valence-corrected chi connectivity index (χ3v) is 5.53. The molecule has 1 aliphatic rings. The molecule has 20 heavy (non-hydrogen) atoms. The Morgan fingerprint density at radius 3 is 2.75 bits per heavy atom. The quantitative estimate of drug-likeness (QED) is 0.837. The Hall–Kier alpha value is -1.62. The first-order chi connectivity index (χ1) is 9.37. The molecule has 1 heterocycles.